The molecule has 0 saturated carbocycles. The monoisotopic (exact) mass is 428 g/mol. The molecule has 0 aromatic heterocycles. The van der Waals surface area contributed by atoms with E-state index in [0.717, 1.165) is 4.90 Å². The molecular formula is C19H32N4O7. The lowest BCUT2D eigenvalue weighted by molar-refractivity contribution is -0.150. The maximum atomic E-state index is 12.8. The van der Waals surface area contributed by atoms with Gasteiger partial charge in [0.15, 0.2) is 0 Å². The molecule has 3 amide bonds. The minimum absolute atomic E-state index is 0.162. The lowest BCUT2D eigenvalue weighted by atomic mass is 9.99. The highest BCUT2D eigenvalue weighted by atomic mass is 16.4. The number of likely N-dealkylation sites (tertiary alicyclic amines) is 1. The Morgan fingerprint density at radius 3 is 2.07 bits per heavy atom. The van der Waals surface area contributed by atoms with Gasteiger partial charge in [-0.15, -0.1) is 0 Å². The Balaban J connectivity index is 2.99. The Kier molecular flexibility index (Phi) is 9.22. The number of aliphatic carboxylic acids is 2. The van der Waals surface area contributed by atoms with Crippen molar-refractivity contribution in [3.8, 4) is 0 Å². The van der Waals surface area contributed by atoms with Crippen molar-refractivity contribution in [1.82, 2.24) is 15.5 Å². The Morgan fingerprint density at radius 2 is 1.60 bits per heavy atom. The highest BCUT2D eigenvalue weighted by Crippen LogP contribution is 2.19. The van der Waals surface area contributed by atoms with Gasteiger partial charge in [-0.3, -0.25) is 19.2 Å². The summed E-state index contributed by atoms with van der Waals surface area (Å²) >= 11 is 0. The van der Waals surface area contributed by atoms with E-state index in [2.05, 4.69) is 10.6 Å². The van der Waals surface area contributed by atoms with Crippen LogP contribution in [0, 0.1) is 11.8 Å². The molecule has 0 radical (unpaired) electrons. The largest absolute Gasteiger partial charge is 0.481 e. The SMILES string of the molecule is CC(C)C(N)C(=O)NC(C(=O)NC(CC(=O)O)C(=O)N1CCCC1C(=O)O)C(C)C. The topological polar surface area (TPSA) is 179 Å². The number of nitrogens with two attached hydrogens (primary N) is 1. The van der Waals surface area contributed by atoms with E-state index in [1.807, 2.05) is 0 Å². The van der Waals surface area contributed by atoms with Gasteiger partial charge < -0.3 is 31.5 Å². The van der Waals surface area contributed by atoms with E-state index < -0.39 is 60.2 Å². The van der Waals surface area contributed by atoms with Crippen molar-refractivity contribution in [2.24, 2.45) is 17.6 Å². The molecule has 0 spiro atoms. The first-order chi connectivity index (χ1) is 13.9. The second-order valence-electron chi connectivity index (χ2n) is 8.19. The maximum absolute atomic E-state index is 12.8. The van der Waals surface area contributed by atoms with Gasteiger partial charge in [-0.2, -0.15) is 0 Å². The van der Waals surface area contributed by atoms with Crippen LogP contribution < -0.4 is 16.4 Å². The van der Waals surface area contributed by atoms with E-state index in [9.17, 15) is 29.1 Å². The molecule has 0 aliphatic carbocycles. The van der Waals surface area contributed by atoms with Crippen molar-refractivity contribution in [1.29, 1.82) is 0 Å². The number of hydrogen-bond acceptors (Lipinski definition) is 6. The number of carbonyl (C=O) groups excluding carboxylic acids is 3. The van der Waals surface area contributed by atoms with Gasteiger partial charge in [0, 0.05) is 6.54 Å². The second-order valence-corrected chi connectivity index (χ2v) is 8.19. The quantitative estimate of drug-likeness (QED) is 0.298. The molecule has 0 aromatic carbocycles. The Hall–Kier alpha value is -2.69. The Labute approximate surface area is 175 Å². The number of amides is 3. The van der Waals surface area contributed by atoms with E-state index in [1.165, 1.54) is 0 Å². The highest BCUT2D eigenvalue weighted by molar-refractivity contribution is 5.96. The molecule has 1 heterocycles. The summed E-state index contributed by atoms with van der Waals surface area (Å²) in [5.41, 5.74) is 5.81. The summed E-state index contributed by atoms with van der Waals surface area (Å²) in [6.45, 7) is 7.03. The third kappa shape index (κ3) is 6.68. The third-order valence-electron chi connectivity index (χ3n) is 5.08. The fourth-order valence-corrected chi connectivity index (χ4v) is 3.21. The van der Waals surface area contributed by atoms with Crippen LogP contribution in [-0.2, 0) is 24.0 Å². The van der Waals surface area contributed by atoms with E-state index in [4.69, 9.17) is 10.8 Å². The predicted octanol–water partition coefficient (Wildman–Crippen LogP) is -0.854. The van der Waals surface area contributed by atoms with Crippen LogP contribution in [0.4, 0.5) is 0 Å². The first kappa shape index (κ1) is 25.3. The predicted molar refractivity (Wildman–Crippen MR) is 106 cm³/mol. The van der Waals surface area contributed by atoms with Crippen molar-refractivity contribution < 1.29 is 34.2 Å². The van der Waals surface area contributed by atoms with Gasteiger partial charge in [0.25, 0.3) is 0 Å². The summed E-state index contributed by atoms with van der Waals surface area (Å²) < 4.78 is 0. The van der Waals surface area contributed by atoms with Gasteiger partial charge >= 0.3 is 11.9 Å². The molecule has 4 atom stereocenters. The van der Waals surface area contributed by atoms with Crippen LogP contribution in [0.1, 0.15) is 47.0 Å². The molecule has 0 aromatic rings. The minimum Gasteiger partial charge on any atom is -0.481 e. The van der Waals surface area contributed by atoms with E-state index in [1.54, 1.807) is 27.7 Å². The van der Waals surface area contributed by atoms with Gasteiger partial charge in [-0.1, -0.05) is 27.7 Å². The molecule has 11 heteroatoms. The van der Waals surface area contributed by atoms with Gasteiger partial charge in [0.1, 0.15) is 18.1 Å². The van der Waals surface area contributed by atoms with E-state index in [-0.39, 0.29) is 24.8 Å². The summed E-state index contributed by atoms with van der Waals surface area (Å²) in [7, 11) is 0. The summed E-state index contributed by atoms with van der Waals surface area (Å²) in [6.07, 6.45) is 0.0124. The molecule has 1 fully saturated rings. The number of nitrogens with zero attached hydrogens (tertiary/aromatic N) is 1. The number of hydrogen-bond donors (Lipinski definition) is 5. The zero-order valence-corrected chi connectivity index (χ0v) is 17.8. The van der Waals surface area contributed by atoms with E-state index >= 15 is 0 Å². The molecule has 170 valence electrons. The van der Waals surface area contributed by atoms with Gasteiger partial charge in [-0.25, -0.2) is 4.79 Å². The molecular weight excluding hydrogens is 396 g/mol. The van der Waals surface area contributed by atoms with Crippen molar-refractivity contribution in [2.45, 2.75) is 71.1 Å². The van der Waals surface area contributed by atoms with Crippen LogP contribution in [0.5, 0.6) is 0 Å². The van der Waals surface area contributed by atoms with Crippen molar-refractivity contribution in [2.75, 3.05) is 6.54 Å². The van der Waals surface area contributed by atoms with E-state index in [0.29, 0.717) is 6.42 Å². The van der Waals surface area contributed by atoms with Crippen LogP contribution in [0.25, 0.3) is 0 Å². The second kappa shape index (κ2) is 10.9. The molecule has 30 heavy (non-hydrogen) atoms. The smallest absolute Gasteiger partial charge is 0.326 e. The van der Waals surface area contributed by atoms with Crippen LogP contribution in [0.15, 0.2) is 0 Å². The van der Waals surface area contributed by atoms with Crippen molar-refractivity contribution in [3.05, 3.63) is 0 Å². The summed E-state index contributed by atoms with van der Waals surface area (Å²) in [6, 6.07) is -4.39. The fraction of sp³-hybridized carbons (Fsp3) is 0.737. The van der Waals surface area contributed by atoms with Crippen LogP contribution in [0.2, 0.25) is 0 Å². The van der Waals surface area contributed by atoms with Gasteiger partial charge in [-0.05, 0) is 24.7 Å². The summed E-state index contributed by atoms with van der Waals surface area (Å²) in [5.74, 6) is -5.09. The average molecular weight is 428 g/mol. The van der Waals surface area contributed by atoms with Gasteiger partial charge in [0.05, 0.1) is 12.5 Å². The summed E-state index contributed by atoms with van der Waals surface area (Å²) in [4.78, 5) is 61.6. The number of carbonyl (C=O) groups is 5. The zero-order valence-electron chi connectivity index (χ0n) is 17.8. The average Bonchev–Trinajstić information content (AvgIpc) is 3.13. The summed E-state index contributed by atoms with van der Waals surface area (Å²) in [5, 5.41) is 23.4. The lowest BCUT2D eigenvalue weighted by Gasteiger charge is -2.29. The first-order valence-electron chi connectivity index (χ1n) is 9.98. The minimum atomic E-state index is -1.45. The van der Waals surface area contributed by atoms with Crippen LogP contribution >= 0.6 is 0 Å². The molecule has 11 nitrogen and oxygen atoms in total. The van der Waals surface area contributed by atoms with Crippen LogP contribution in [-0.4, -0.2) is 75.5 Å². The van der Waals surface area contributed by atoms with Crippen molar-refractivity contribution in [3.63, 3.8) is 0 Å². The molecule has 1 rings (SSSR count). The third-order valence-corrected chi connectivity index (χ3v) is 5.08. The number of nitrogens with one attached hydrogen (secondary N) is 2. The number of rotatable bonds is 10. The molecule has 1 aliphatic rings. The molecule has 0 bridgehead atoms. The molecule has 6 N–H and O–H groups in total. The molecule has 4 unspecified atom stereocenters. The maximum Gasteiger partial charge on any atom is 0.326 e. The first-order valence-corrected chi connectivity index (χ1v) is 9.98. The standard InChI is InChI=1S/C19H32N4O7/c1-9(2)14(20)16(26)22-15(10(3)4)17(27)21-11(8-13(24)25)18(28)23-7-5-6-12(23)19(29)30/h9-12,14-15H,5-8,20H2,1-4H3,(H,21,27)(H,22,26)(H,24,25)(H,29,30). The molecule has 1 saturated heterocycles. The number of carboxylic acid groups (broad SMARTS) is 2. The fourth-order valence-electron chi connectivity index (χ4n) is 3.21. The Morgan fingerprint density at radius 1 is 1.00 bits per heavy atom. The lowest BCUT2D eigenvalue weighted by Crippen LogP contribution is -2.59. The normalized spacial score (nSPS) is 19.3. The Bertz CT molecular complexity index is 680. The van der Waals surface area contributed by atoms with Crippen LogP contribution in [0.3, 0.4) is 0 Å². The highest BCUT2D eigenvalue weighted by Gasteiger charge is 2.39. The number of carboxylic acids is 2. The molecule has 1 aliphatic heterocycles. The van der Waals surface area contributed by atoms with Crippen molar-refractivity contribution >= 4 is 29.7 Å². The zero-order chi connectivity index (χ0) is 23.2. The van der Waals surface area contributed by atoms with Gasteiger partial charge in [0.2, 0.25) is 17.7 Å².